The van der Waals surface area contributed by atoms with Crippen LogP contribution in [0, 0.1) is 0 Å². The molecule has 0 bridgehead atoms. The van der Waals surface area contributed by atoms with E-state index in [0.717, 1.165) is 31.6 Å². The van der Waals surface area contributed by atoms with E-state index in [1.54, 1.807) is 6.20 Å². The van der Waals surface area contributed by atoms with Crippen molar-refractivity contribution in [1.82, 2.24) is 15.1 Å². The highest BCUT2D eigenvalue weighted by atomic mass is 79.9. The first-order valence-electron chi connectivity index (χ1n) is 5.35. The average Bonchev–Trinajstić information content (AvgIpc) is 2.28. The molecule has 0 aliphatic carbocycles. The molecule has 0 spiro atoms. The van der Waals surface area contributed by atoms with Gasteiger partial charge in [-0.15, -0.1) is 0 Å². The van der Waals surface area contributed by atoms with Crippen LogP contribution in [-0.4, -0.2) is 41.3 Å². The predicted molar refractivity (Wildman–Crippen MR) is 66.7 cm³/mol. The van der Waals surface area contributed by atoms with E-state index in [0.29, 0.717) is 10.5 Å². The maximum Gasteiger partial charge on any atom is 0.280 e. The van der Waals surface area contributed by atoms with Crippen LogP contribution in [0.15, 0.2) is 15.5 Å². The number of hydrogen-bond acceptors (Lipinski definition) is 4. The highest BCUT2D eigenvalue weighted by molar-refractivity contribution is 9.10. The molecule has 5 nitrogen and oxygen atoms in total. The van der Waals surface area contributed by atoms with Gasteiger partial charge in [-0.1, -0.05) is 0 Å². The van der Waals surface area contributed by atoms with Gasteiger partial charge in [0.05, 0.1) is 11.9 Å². The van der Waals surface area contributed by atoms with Crippen LogP contribution in [0.3, 0.4) is 0 Å². The lowest BCUT2D eigenvalue weighted by Crippen LogP contribution is -2.37. The molecule has 1 fully saturated rings. The molecule has 0 amide bonds. The van der Waals surface area contributed by atoms with Crippen LogP contribution < -0.4 is 10.9 Å². The van der Waals surface area contributed by atoms with Crippen LogP contribution in [0.4, 0.5) is 5.69 Å². The number of aromatic amines is 1. The zero-order valence-electron chi connectivity index (χ0n) is 9.16. The van der Waals surface area contributed by atoms with E-state index in [-0.39, 0.29) is 5.56 Å². The van der Waals surface area contributed by atoms with E-state index in [9.17, 15) is 4.79 Å². The van der Waals surface area contributed by atoms with Crippen molar-refractivity contribution in [3.8, 4) is 0 Å². The number of likely N-dealkylation sites (tertiary alicyclic amines) is 1. The fourth-order valence-electron chi connectivity index (χ4n) is 1.86. The number of nitrogens with zero attached hydrogens (tertiary/aromatic N) is 2. The molecular weight excluding hydrogens is 272 g/mol. The quantitative estimate of drug-likeness (QED) is 0.853. The van der Waals surface area contributed by atoms with Crippen LogP contribution in [0.5, 0.6) is 0 Å². The lowest BCUT2D eigenvalue weighted by molar-refractivity contribution is 0.264. The third-order valence-corrected chi connectivity index (χ3v) is 3.66. The molecule has 2 N–H and O–H groups in total. The van der Waals surface area contributed by atoms with Gasteiger partial charge in [-0.05, 0) is 48.9 Å². The Morgan fingerprint density at radius 1 is 1.56 bits per heavy atom. The second kappa shape index (κ2) is 4.97. The second-order valence-electron chi connectivity index (χ2n) is 4.15. The molecule has 1 aliphatic heterocycles. The molecule has 1 aromatic rings. The molecule has 1 saturated heterocycles. The van der Waals surface area contributed by atoms with E-state index in [1.807, 2.05) is 0 Å². The Balaban J connectivity index is 2.04. The summed E-state index contributed by atoms with van der Waals surface area (Å²) in [5.41, 5.74) is 0.580. The van der Waals surface area contributed by atoms with Gasteiger partial charge >= 0.3 is 0 Å². The summed E-state index contributed by atoms with van der Waals surface area (Å²) in [6.45, 7) is 2.18. The largest absolute Gasteiger partial charge is 0.380 e. The van der Waals surface area contributed by atoms with Crippen molar-refractivity contribution in [2.75, 3.05) is 25.5 Å². The molecule has 88 valence electrons. The lowest BCUT2D eigenvalue weighted by Gasteiger charge is -2.30. The Morgan fingerprint density at radius 2 is 2.25 bits per heavy atom. The number of hydrogen-bond donors (Lipinski definition) is 2. The molecule has 0 atom stereocenters. The second-order valence-corrected chi connectivity index (χ2v) is 4.94. The number of nitrogens with one attached hydrogen (secondary N) is 2. The van der Waals surface area contributed by atoms with Gasteiger partial charge in [0.15, 0.2) is 0 Å². The van der Waals surface area contributed by atoms with Crippen LogP contribution >= 0.6 is 15.9 Å². The summed E-state index contributed by atoms with van der Waals surface area (Å²) in [7, 11) is 2.13. The molecule has 0 aromatic carbocycles. The molecule has 16 heavy (non-hydrogen) atoms. The van der Waals surface area contributed by atoms with Gasteiger partial charge < -0.3 is 10.2 Å². The first kappa shape index (κ1) is 11.6. The predicted octanol–water partition coefficient (Wildman–Crippen LogP) is 1.04. The van der Waals surface area contributed by atoms with Gasteiger partial charge in [0, 0.05) is 6.04 Å². The molecule has 0 radical (unpaired) electrons. The number of aromatic nitrogens is 2. The number of anilines is 1. The van der Waals surface area contributed by atoms with Gasteiger partial charge in [-0.2, -0.15) is 5.10 Å². The van der Waals surface area contributed by atoms with E-state index >= 15 is 0 Å². The molecule has 0 unspecified atom stereocenters. The maximum atomic E-state index is 11.3. The van der Waals surface area contributed by atoms with E-state index in [4.69, 9.17) is 0 Å². The summed E-state index contributed by atoms with van der Waals surface area (Å²) in [6, 6.07) is 0.427. The fourth-order valence-corrected chi connectivity index (χ4v) is 2.16. The number of rotatable bonds is 2. The van der Waals surface area contributed by atoms with Gasteiger partial charge in [0.1, 0.15) is 4.47 Å². The highest BCUT2D eigenvalue weighted by Crippen LogP contribution is 2.20. The van der Waals surface area contributed by atoms with E-state index < -0.39 is 0 Å². The summed E-state index contributed by atoms with van der Waals surface area (Å²) in [6.07, 6.45) is 3.83. The van der Waals surface area contributed by atoms with Gasteiger partial charge in [-0.3, -0.25) is 4.79 Å². The van der Waals surface area contributed by atoms with Crippen LogP contribution in [0.2, 0.25) is 0 Å². The van der Waals surface area contributed by atoms with Gasteiger partial charge in [0.2, 0.25) is 0 Å². The highest BCUT2D eigenvalue weighted by Gasteiger charge is 2.17. The zero-order chi connectivity index (χ0) is 11.5. The normalized spacial score (nSPS) is 18.6. The first-order valence-corrected chi connectivity index (χ1v) is 6.14. The zero-order valence-corrected chi connectivity index (χ0v) is 10.7. The van der Waals surface area contributed by atoms with Crippen LogP contribution in [0.25, 0.3) is 0 Å². The molecule has 1 aliphatic rings. The third-order valence-electron chi connectivity index (χ3n) is 2.87. The number of halogens is 1. The number of H-pyrrole nitrogens is 1. The Hall–Kier alpha value is -0.880. The van der Waals surface area contributed by atoms with E-state index in [1.165, 1.54) is 0 Å². The Labute approximate surface area is 102 Å². The topological polar surface area (TPSA) is 61.0 Å². The monoisotopic (exact) mass is 286 g/mol. The smallest absolute Gasteiger partial charge is 0.280 e. The minimum Gasteiger partial charge on any atom is -0.380 e. The summed E-state index contributed by atoms with van der Waals surface area (Å²) in [4.78, 5) is 13.6. The average molecular weight is 287 g/mol. The van der Waals surface area contributed by atoms with Gasteiger partial charge in [0.25, 0.3) is 5.56 Å². The van der Waals surface area contributed by atoms with Crippen molar-refractivity contribution in [2.24, 2.45) is 0 Å². The minimum atomic E-state index is -0.196. The molecule has 1 aromatic heterocycles. The van der Waals surface area contributed by atoms with Crippen molar-refractivity contribution < 1.29 is 0 Å². The van der Waals surface area contributed by atoms with Crippen molar-refractivity contribution >= 4 is 21.6 Å². The summed E-state index contributed by atoms with van der Waals surface area (Å²) >= 11 is 3.26. The maximum absolute atomic E-state index is 11.3. The number of piperidine rings is 1. The SMILES string of the molecule is CN1CCC(Nc2cn[nH]c(=O)c2Br)CC1. The van der Waals surface area contributed by atoms with Crippen molar-refractivity contribution in [3.05, 3.63) is 21.0 Å². The van der Waals surface area contributed by atoms with Crippen molar-refractivity contribution in [3.63, 3.8) is 0 Å². The minimum absolute atomic E-state index is 0.196. The van der Waals surface area contributed by atoms with Crippen LogP contribution in [-0.2, 0) is 0 Å². The summed E-state index contributed by atoms with van der Waals surface area (Å²) in [5, 5.41) is 9.52. The summed E-state index contributed by atoms with van der Waals surface area (Å²) < 4.78 is 0.529. The summed E-state index contributed by atoms with van der Waals surface area (Å²) in [5.74, 6) is 0. The molecule has 6 heteroatoms. The van der Waals surface area contributed by atoms with Crippen molar-refractivity contribution in [2.45, 2.75) is 18.9 Å². The molecule has 2 rings (SSSR count). The Kier molecular flexibility index (Phi) is 3.60. The lowest BCUT2D eigenvalue weighted by atomic mass is 10.1. The molecular formula is C10H15BrN4O. The Bertz CT molecular complexity index is 412. The molecule has 0 saturated carbocycles. The third kappa shape index (κ3) is 2.62. The van der Waals surface area contributed by atoms with E-state index in [2.05, 4.69) is 43.4 Å². The molecule has 2 heterocycles. The fraction of sp³-hybridized carbons (Fsp3) is 0.600. The van der Waals surface area contributed by atoms with Crippen LogP contribution in [0.1, 0.15) is 12.8 Å². The van der Waals surface area contributed by atoms with Crippen molar-refractivity contribution in [1.29, 1.82) is 0 Å². The Morgan fingerprint density at radius 3 is 2.94 bits per heavy atom. The van der Waals surface area contributed by atoms with Gasteiger partial charge in [-0.25, -0.2) is 5.10 Å². The first-order chi connectivity index (χ1) is 7.66. The standard InChI is InChI=1S/C10H15BrN4O/c1-15-4-2-7(3-5-15)13-8-6-12-14-10(16)9(8)11/h6-7H,2-5H2,1H3,(H2,13,14,16).